The summed E-state index contributed by atoms with van der Waals surface area (Å²) in [7, 11) is -2.65. The van der Waals surface area contributed by atoms with Crippen LogP contribution in [0.15, 0.2) is 72.4 Å². The zero-order valence-electron chi connectivity index (χ0n) is 11.5. The number of rotatable bonds is 5. The highest BCUT2D eigenvalue weighted by molar-refractivity contribution is 7.03. The highest BCUT2D eigenvalue weighted by atomic mass is 28.4. The largest absolute Gasteiger partial charge is 0.452 e. The lowest BCUT2D eigenvalue weighted by Crippen LogP contribution is -2.60. The van der Waals surface area contributed by atoms with Crippen LogP contribution in [0.4, 0.5) is 0 Å². The summed E-state index contributed by atoms with van der Waals surface area (Å²) in [5.74, 6) is 0. The zero-order valence-corrected chi connectivity index (χ0v) is 14.0. The van der Waals surface area contributed by atoms with Crippen LogP contribution in [0.25, 0.3) is 0 Å². The molecular weight excluding hydrogens is 264 g/mol. The van der Waals surface area contributed by atoms with Crippen molar-refractivity contribution in [1.82, 2.24) is 0 Å². The quantitative estimate of drug-likeness (QED) is 0.763. The molecule has 3 heteroatoms. The van der Waals surface area contributed by atoms with Gasteiger partial charge in [-0.3, -0.25) is 0 Å². The van der Waals surface area contributed by atoms with Gasteiger partial charge in [-0.25, -0.2) is 0 Å². The highest BCUT2D eigenvalue weighted by Crippen LogP contribution is 2.09. The minimum absolute atomic E-state index is 0.488. The van der Waals surface area contributed by atoms with Crippen LogP contribution < -0.4 is 10.4 Å². The molecule has 0 aromatic heterocycles. The molecule has 98 valence electrons. The van der Waals surface area contributed by atoms with Crippen molar-refractivity contribution in [3.05, 3.63) is 72.4 Å². The zero-order chi connectivity index (χ0) is 13.6. The van der Waals surface area contributed by atoms with E-state index in [0.717, 1.165) is 0 Å². The first-order chi connectivity index (χ1) is 9.33. The van der Waals surface area contributed by atoms with Gasteiger partial charge in [-0.15, -0.1) is 0 Å². The molecule has 2 aromatic carbocycles. The van der Waals surface area contributed by atoms with Gasteiger partial charge in [0.15, 0.2) is 0 Å². The van der Waals surface area contributed by atoms with Crippen molar-refractivity contribution in [3.63, 3.8) is 0 Å². The van der Waals surface area contributed by atoms with Crippen molar-refractivity contribution in [2.45, 2.75) is 13.5 Å². The topological polar surface area (TPSA) is 9.23 Å². The van der Waals surface area contributed by atoms with Crippen LogP contribution in [-0.2, 0) is 4.12 Å². The molecule has 0 bridgehead atoms. The third kappa shape index (κ3) is 2.94. The second kappa shape index (κ2) is 6.66. The molecule has 19 heavy (non-hydrogen) atoms. The molecule has 0 saturated carbocycles. The van der Waals surface area contributed by atoms with Gasteiger partial charge in [0.2, 0.25) is 0 Å². The SMILES string of the molecule is CC=C[Si](O[SiH2]C)(c1ccccc1)c1ccccc1. The van der Waals surface area contributed by atoms with E-state index in [0.29, 0.717) is 0 Å². The number of benzene rings is 2. The van der Waals surface area contributed by atoms with Crippen LogP contribution >= 0.6 is 0 Å². The van der Waals surface area contributed by atoms with E-state index >= 15 is 0 Å². The molecule has 0 fully saturated rings. The Labute approximate surface area is 119 Å². The summed E-state index contributed by atoms with van der Waals surface area (Å²) in [4.78, 5) is 0. The van der Waals surface area contributed by atoms with Gasteiger partial charge in [0, 0.05) is 0 Å². The molecule has 2 rings (SSSR count). The molecule has 1 nitrogen and oxygen atoms in total. The molecule has 0 aliphatic carbocycles. The van der Waals surface area contributed by atoms with Crippen molar-refractivity contribution < 1.29 is 4.12 Å². The van der Waals surface area contributed by atoms with Gasteiger partial charge in [-0.2, -0.15) is 0 Å². The number of hydrogen-bond donors (Lipinski definition) is 0. The molecule has 0 radical (unpaired) electrons. The predicted octanol–water partition coefficient (Wildman–Crippen LogP) is 2.01. The summed E-state index contributed by atoms with van der Waals surface area (Å²) in [6.45, 7) is 4.28. The fourth-order valence-corrected chi connectivity index (χ4v) is 8.51. The Morgan fingerprint density at radius 3 is 1.74 bits per heavy atom. The molecule has 0 saturated heterocycles. The van der Waals surface area contributed by atoms with Gasteiger partial charge >= 0.3 is 0 Å². The third-order valence-corrected chi connectivity index (χ3v) is 9.34. The Kier molecular flexibility index (Phi) is 4.90. The van der Waals surface area contributed by atoms with E-state index in [1.54, 1.807) is 0 Å². The van der Waals surface area contributed by atoms with E-state index in [9.17, 15) is 0 Å². The first kappa shape index (κ1) is 14.0. The molecule has 0 atom stereocenters. The smallest absolute Gasteiger partial charge is 0.270 e. The van der Waals surface area contributed by atoms with E-state index < -0.39 is 18.1 Å². The van der Waals surface area contributed by atoms with Crippen LogP contribution in [-0.4, -0.2) is 18.1 Å². The molecule has 0 N–H and O–H groups in total. The van der Waals surface area contributed by atoms with E-state index in [4.69, 9.17) is 4.12 Å². The van der Waals surface area contributed by atoms with Crippen molar-refractivity contribution in [2.75, 3.05) is 0 Å². The summed E-state index contributed by atoms with van der Waals surface area (Å²) in [6.07, 6.45) is 2.14. The molecule has 2 aromatic rings. The average Bonchev–Trinajstić information content (AvgIpc) is 2.49. The van der Waals surface area contributed by atoms with Gasteiger partial charge < -0.3 is 4.12 Å². The van der Waals surface area contributed by atoms with Gasteiger partial charge in [0.25, 0.3) is 8.32 Å². The highest BCUT2D eigenvalue weighted by Gasteiger charge is 2.35. The Morgan fingerprint density at radius 2 is 1.37 bits per heavy atom. The molecule has 0 aliphatic rings. The van der Waals surface area contributed by atoms with Crippen molar-refractivity contribution >= 4 is 28.5 Å². The lowest BCUT2D eigenvalue weighted by Gasteiger charge is -2.29. The van der Waals surface area contributed by atoms with Gasteiger partial charge in [0.1, 0.15) is 9.76 Å². The maximum Gasteiger partial charge on any atom is 0.270 e. The van der Waals surface area contributed by atoms with Crippen molar-refractivity contribution in [3.8, 4) is 0 Å². The average molecular weight is 285 g/mol. The maximum absolute atomic E-state index is 6.43. The third-order valence-electron chi connectivity index (χ3n) is 3.18. The van der Waals surface area contributed by atoms with E-state index in [2.05, 4.69) is 85.9 Å². The van der Waals surface area contributed by atoms with Crippen LogP contribution in [0.5, 0.6) is 0 Å². The standard InChI is InChI=1S/C16H20OSi2/c1-3-14-19(17-18-2,15-10-6-4-7-11-15)16-12-8-5-9-13-16/h3-14H,18H2,1-2H3. The summed E-state index contributed by atoms with van der Waals surface area (Å²) in [6, 6.07) is 21.3. The van der Waals surface area contributed by atoms with E-state index in [-0.39, 0.29) is 0 Å². The molecule has 0 heterocycles. The fourth-order valence-electron chi connectivity index (χ4n) is 2.41. The molecule has 0 unspecified atom stereocenters. The molecule has 0 aliphatic heterocycles. The molecule has 0 amide bonds. The first-order valence-electron chi connectivity index (χ1n) is 6.72. The molecule has 0 spiro atoms. The van der Waals surface area contributed by atoms with Crippen LogP contribution in [0.2, 0.25) is 6.55 Å². The summed E-state index contributed by atoms with van der Waals surface area (Å²) >= 11 is 0. The van der Waals surface area contributed by atoms with Gasteiger partial charge in [-0.1, -0.05) is 79.0 Å². The Hall–Kier alpha value is -1.43. The van der Waals surface area contributed by atoms with Crippen LogP contribution in [0, 0.1) is 0 Å². The minimum Gasteiger partial charge on any atom is -0.452 e. The second-order valence-corrected chi connectivity index (χ2v) is 9.09. The summed E-state index contributed by atoms with van der Waals surface area (Å²) in [5.41, 5.74) is 2.30. The van der Waals surface area contributed by atoms with Gasteiger partial charge in [-0.05, 0) is 17.3 Å². The Morgan fingerprint density at radius 1 is 0.895 bits per heavy atom. The first-order valence-corrected chi connectivity index (χ1v) is 10.7. The van der Waals surface area contributed by atoms with Gasteiger partial charge in [0.05, 0.1) is 0 Å². The predicted molar refractivity (Wildman–Crippen MR) is 88.2 cm³/mol. The molecular formula is C16H20OSi2. The van der Waals surface area contributed by atoms with Crippen LogP contribution in [0.1, 0.15) is 6.92 Å². The fraction of sp³-hybridized carbons (Fsp3) is 0.125. The number of hydrogen-bond acceptors (Lipinski definition) is 1. The lowest BCUT2D eigenvalue weighted by molar-refractivity contribution is 0.624. The van der Waals surface area contributed by atoms with Crippen LogP contribution in [0.3, 0.4) is 0 Å². The number of allylic oxidation sites excluding steroid dienone is 1. The summed E-state index contributed by atoms with van der Waals surface area (Å²) in [5, 5.41) is 2.65. The normalized spacial score (nSPS) is 12.5. The Balaban J connectivity index is 2.61. The monoisotopic (exact) mass is 284 g/mol. The lowest BCUT2D eigenvalue weighted by atomic mass is 10.4. The van der Waals surface area contributed by atoms with E-state index in [1.807, 2.05) is 0 Å². The maximum atomic E-state index is 6.43. The minimum atomic E-state index is -2.17. The van der Waals surface area contributed by atoms with E-state index in [1.165, 1.54) is 10.4 Å². The van der Waals surface area contributed by atoms with Crippen molar-refractivity contribution in [2.24, 2.45) is 0 Å². The Bertz CT molecular complexity index is 483. The van der Waals surface area contributed by atoms with Crippen molar-refractivity contribution in [1.29, 1.82) is 0 Å². The summed E-state index contributed by atoms with van der Waals surface area (Å²) < 4.78 is 6.43. The second-order valence-electron chi connectivity index (χ2n) is 4.40.